The van der Waals surface area contributed by atoms with Crippen LogP contribution >= 0.6 is 0 Å². The van der Waals surface area contributed by atoms with Crippen molar-refractivity contribution in [1.82, 2.24) is 5.32 Å². The highest BCUT2D eigenvalue weighted by atomic mass is 19.1. The Balaban J connectivity index is 2.09. The van der Waals surface area contributed by atoms with Gasteiger partial charge in [0.15, 0.2) is 0 Å². The molecule has 120 valence electrons. The molecule has 6 heteroatoms. The number of benzene rings is 1. The molecule has 5 nitrogen and oxygen atoms in total. The second kappa shape index (κ2) is 6.87. The minimum Gasteiger partial charge on any atom is -0.396 e. The number of aliphatic hydroxyl groups is 1. The average molecular weight is 308 g/mol. The molecule has 2 rings (SSSR count). The molecule has 0 heterocycles. The lowest BCUT2D eigenvalue weighted by atomic mass is 10.1. The zero-order valence-corrected chi connectivity index (χ0v) is 12.7. The topological polar surface area (TPSA) is 78.4 Å². The van der Waals surface area contributed by atoms with E-state index in [4.69, 9.17) is 5.11 Å². The monoisotopic (exact) mass is 308 g/mol. The molecule has 22 heavy (non-hydrogen) atoms. The Morgan fingerprint density at radius 1 is 1.45 bits per heavy atom. The van der Waals surface area contributed by atoms with Crippen LogP contribution in [0.15, 0.2) is 18.2 Å². The Morgan fingerprint density at radius 3 is 2.73 bits per heavy atom. The standard InChI is InChI=1S/C16H21FN2O3/c1-9(8-20)7-18-15(21)13-6-11(17)3-4-14(13)19-16(22)12-5-10(12)2/h3-4,6,9-10,12,20H,5,7-8H2,1-2H3,(H,18,21)(H,19,22). The van der Waals surface area contributed by atoms with Crippen LogP contribution in [0.2, 0.25) is 0 Å². The summed E-state index contributed by atoms with van der Waals surface area (Å²) in [5.41, 5.74) is 0.395. The van der Waals surface area contributed by atoms with Crippen LogP contribution < -0.4 is 10.6 Å². The van der Waals surface area contributed by atoms with E-state index >= 15 is 0 Å². The highest BCUT2D eigenvalue weighted by molar-refractivity contribution is 6.04. The van der Waals surface area contributed by atoms with Gasteiger partial charge in [-0.3, -0.25) is 9.59 Å². The third-order valence-electron chi connectivity index (χ3n) is 3.85. The van der Waals surface area contributed by atoms with E-state index in [2.05, 4.69) is 10.6 Å². The van der Waals surface area contributed by atoms with E-state index in [0.29, 0.717) is 11.6 Å². The molecule has 1 saturated carbocycles. The highest BCUT2D eigenvalue weighted by Crippen LogP contribution is 2.38. The number of aliphatic hydroxyl groups excluding tert-OH is 1. The van der Waals surface area contributed by atoms with Gasteiger partial charge < -0.3 is 15.7 Å². The first-order valence-corrected chi connectivity index (χ1v) is 7.41. The third kappa shape index (κ3) is 4.04. The van der Waals surface area contributed by atoms with Gasteiger partial charge in [0.1, 0.15) is 5.82 Å². The van der Waals surface area contributed by atoms with Crippen molar-refractivity contribution < 1.29 is 19.1 Å². The van der Waals surface area contributed by atoms with Crippen molar-refractivity contribution in [2.24, 2.45) is 17.8 Å². The van der Waals surface area contributed by atoms with Gasteiger partial charge in [-0.2, -0.15) is 0 Å². The van der Waals surface area contributed by atoms with Crippen LogP contribution in [0.4, 0.5) is 10.1 Å². The van der Waals surface area contributed by atoms with Gasteiger partial charge in [0.2, 0.25) is 5.91 Å². The van der Waals surface area contributed by atoms with Crippen molar-refractivity contribution in [2.75, 3.05) is 18.5 Å². The fraction of sp³-hybridized carbons (Fsp3) is 0.500. The highest BCUT2D eigenvalue weighted by Gasteiger charge is 2.39. The van der Waals surface area contributed by atoms with Crippen molar-refractivity contribution >= 4 is 17.5 Å². The van der Waals surface area contributed by atoms with E-state index in [0.717, 1.165) is 12.5 Å². The van der Waals surface area contributed by atoms with Gasteiger partial charge in [-0.15, -0.1) is 0 Å². The zero-order valence-electron chi connectivity index (χ0n) is 12.7. The van der Waals surface area contributed by atoms with Gasteiger partial charge in [0.25, 0.3) is 5.91 Å². The molecule has 0 aliphatic heterocycles. The smallest absolute Gasteiger partial charge is 0.253 e. The summed E-state index contributed by atoms with van der Waals surface area (Å²) in [5, 5.41) is 14.3. The van der Waals surface area contributed by atoms with E-state index in [1.807, 2.05) is 6.92 Å². The summed E-state index contributed by atoms with van der Waals surface area (Å²) >= 11 is 0. The van der Waals surface area contributed by atoms with Crippen LogP contribution in [-0.2, 0) is 4.79 Å². The van der Waals surface area contributed by atoms with Gasteiger partial charge in [-0.25, -0.2) is 4.39 Å². The van der Waals surface area contributed by atoms with Crippen molar-refractivity contribution in [2.45, 2.75) is 20.3 Å². The fourth-order valence-corrected chi connectivity index (χ4v) is 2.15. The molecule has 3 unspecified atom stereocenters. The maximum atomic E-state index is 13.4. The summed E-state index contributed by atoms with van der Waals surface area (Å²) in [5.74, 6) is -0.935. The molecule has 0 bridgehead atoms. The second-order valence-corrected chi connectivity index (χ2v) is 6.00. The molecule has 0 radical (unpaired) electrons. The number of nitrogens with one attached hydrogen (secondary N) is 2. The van der Waals surface area contributed by atoms with Crippen LogP contribution in [0.1, 0.15) is 30.6 Å². The van der Waals surface area contributed by atoms with E-state index < -0.39 is 11.7 Å². The minimum absolute atomic E-state index is 0.0321. The average Bonchev–Trinajstić information content (AvgIpc) is 3.23. The Labute approximate surface area is 128 Å². The number of anilines is 1. The summed E-state index contributed by atoms with van der Waals surface area (Å²) in [7, 11) is 0. The van der Waals surface area contributed by atoms with E-state index in [-0.39, 0.29) is 36.5 Å². The molecule has 0 spiro atoms. The van der Waals surface area contributed by atoms with E-state index in [9.17, 15) is 14.0 Å². The van der Waals surface area contributed by atoms with Gasteiger partial charge in [-0.1, -0.05) is 13.8 Å². The SMILES string of the molecule is CC(CO)CNC(=O)c1cc(F)ccc1NC(=O)C1CC1C. The first-order valence-electron chi connectivity index (χ1n) is 7.41. The number of rotatable bonds is 6. The van der Waals surface area contributed by atoms with Gasteiger partial charge >= 0.3 is 0 Å². The number of hydrogen-bond acceptors (Lipinski definition) is 3. The van der Waals surface area contributed by atoms with Gasteiger partial charge in [0.05, 0.1) is 11.3 Å². The predicted octanol–water partition coefficient (Wildman–Crippen LogP) is 1.78. The lowest BCUT2D eigenvalue weighted by Gasteiger charge is -2.13. The normalized spacial score (nSPS) is 21.1. The van der Waals surface area contributed by atoms with Crippen LogP contribution in [0, 0.1) is 23.6 Å². The van der Waals surface area contributed by atoms with E-state index in [1.165, 1.54) is 12.1 Å². The number of amides is 2. The lowest BCUT2D eigenvalue weighted by Crippen LogP contribution is -2.30. The molecular formula is C16H21FN2O3. The molecule has 0 saturated heterocycles. The van der Waals surface area contributed by atoms with Crippen molar-refractivity contribution in [3.05, 3.63) is 29.6 Å². The number of halogens is 1. The molecule has 3 atom stereocenters. The largest absolute Gasteiger partial charge is 0.396 e. The number of carbonyl (C=O) groups excluding carboxylic acids is 2. The van der Waals surface area contributed by atoms with Gasteiger partial charge in [0, 0.05) is 19.1 Å². The molecule has 3 N–H and O–H groups in total. The molecular weight excluding hydrogens is 287 g/mol. The number of hydrogen-bond donors (Lipinski definition) is 3. The van der Waals surface area contributed by atoms with Gasteiger partial charge in [-0.05, 0) is 36.5 Å². The first-order chi connectivity index (χ1) is 10.4. The van der Waals surface area contributed by atoms with E-state index in [1.54, 1.807) is 6.92 Å². The maximum Gasteiger partial charge on any atom is 0.253 e. The third-order valence-corrected chi connectivity index (χ3v) is 3.85. The van der Waals surface area contributed by atoms with Crippen molar-refractivity contribution in [3.63, 3.8) is 0 Å². The Kier molecular flexibility index (Phi) is 5.13. The zero-order chi connectivity index (χ0) is 16.3. The van der Waals surface area contributed by atoms with Crippen molar-refractivity contribution in [3.8, 4) is 0 Å². The molecule has 2 amide bonds. The summed E-state index contributed by atoms with van der Waals surface area (Å²) in [6, 6.07) is 3.70. The molecule has 0 aromatic heterocycles. The quantitative estimate of drug-likeness (QED) is 0.749. The second-order valence-electron chi connectivity index (χ2n) is 6.00. The fourth-order valence-electron chi connectivity index (χ4n) is 2.15. The minimum atomic E-state index is -0.543. The van der Waals surface area contributed by atoms with Crippen LogP contribution in [0.5, 0.6) is 0 Å². The molecule has 1 fully saturated rings. The number of carbonyl (C=O) groups is 2. The Morgan fingerprint density at radius 2 is 2.14 bits per heavy atom. The summed E-state index contributed by atoms with van der Waals surface area (Å²) in [4.78, 5) is 24.1. The first kappa shape index (κ1) is 16.4. The van der Waals surface area contributed by atoms with Crippen molar-refractivity contribution in [1.29, 1.82) is 0 Å². The predicted molar refractivity (Wildman–Crippen MR) is 80.9 cm³/mol. The Hall–Kier alpha value is -1.95. The Bertz CT molecular complexity index is 577. The molecule has 1 aliphatic carbocycles. The summed E-state index contributed by atoms with van der Waals surface area (Å²) in [6.45, 7) is 3.99. The summed E-state index contributed by atoms with van der Waals surface area (Å²) in [6.07, 6.45) is 0.836. The molecule has 1 aromatic rings. The lowest BCUT2D eigenvalue weighted by molar-refractivity contribution is -0.117. The summed E-state index contributed by atoms with van der Waals surface area (Å²) < 4.78 is 13.4. The maximum absolute atomic E-state index is 13.4. The molecule has 1 aliphatic rings. The van der Waals surface area contributed by atoms with Crippen LogP contribution in [0.3, 0.4) is 0 Å². The van der Waals surface area contributed by atoms with Crippen LogP contribution in [0.25, 0.3) is 0 Å². The van der Waals surface area contributed by atoms with Crippen LogP contribution in [-0.4, -0.2) is 30.1 Å². The molecule has 1 aromatic carbocycles.